The lowest BCUT2D eigenvalue weighted by atomic mass is 10.3. The highest BCUT2D eigenvalue weighted by Crippen LogP contribution is 2.05. The van der Waals surface area contributed by atoms with E-state index < -0.39 is 0 Å². The number of hydrogen-bond acceptors (Lipinski definition) is 3. The van der Waals surface area contributed by atoms with Gasteiger partial charge >= 0.3 is 0 Å². The first-order valence-electron chi connectivity index (χ1n) is 3.23. The highest BCUT2D eigenvalue weighted by atomic mass is 16.3. The molecule has 2 rings (SSSR count). The topological polar surface area (TPSA) is 52.5 Å². The van der Waals surface area contributed by atoms with Gasteiger partial charge in [0.25, 0.3) is 0 Å². The van der Waals surface area contributed by atoms with Gasteiger partial charge < -0.3 is 4.42 Å². The quantitative estimate of drug-likeness (QED) is 0.592. The molecular weight excluding hydrogens is 142 g/mol. The Kier molecular flexibility index (Phi) is 1.25. The molecule has 0 saturated heterocycles. The van der Waals surface area contributed by atoms with E-state index in [2.05, 4.69) is 15.5 Å². The minimum Gasteiger partial charge on any atom is -0.449 e. The Labute approximate surface area is 63.6 Å². The zero-order valence-electron chi connectivity index (χ0n) is 5.98. The van der Waals surface area contributed by atoms with Gasteiger partial charge in [0.1, 0.15) is 17.7 Å². The van der Waals surface area contributed by atoms with E-state index in [1.807, 2.05) is 0 Å². The number of rotatable bonds is 1. The zero-order valence-corrected chi connectivity index (χ0v) is 5.98. The molecule has 0 amide bonds. The van der Waals surface area contributed by atoms with Gasteiger partial charge in [0.2, 0.25) is 0 Å². The number of hydrogen-bond donors (Lipinski definition) is 0. The van der Waals surface area contributed by atoms with Gasteiger partial charge in [0.15, 0.2) is 5.89 Å². The molecule has 0 bridgehead atoms. The zero-order chi connectivity index (χ0) is 7.68. The Morgan fingerprint density at radius 3 is 2.91 bits per heavy atom. The minimum absolute atomic E-state index is 0.642. The molecule has 0 saturated carbocycles. The van der Waals surface area contributed by atoms with Gasteiger partial charge in [0, 0.05) is 6.92 Å². The summed E-state index contributed by atoms with van der Waals surface area (Å²) in [6.45, 7) is 1.79. The van der Waals surface area contributed by atoms with E-state index in [9.17, 15) is 0 Å². The van der Waals surface area contributed by atoms with Crippen LogP contribution in [0.4, 0.5) is 0 Å². The molecule has 55 valence electrons. The SMILES string of the molecule is Cc1nc(C2=N[N]C=C2)co1. The number of aromatic nitrogens is 1. The van der Waals surface area contributed by atoms with Crippen LogP contribution in [0.3, 0.4) is 0 Å². The fourth-order valence-corrected chi connectivity index (χ4v) is 0.850. The van der Waals surface area contributed by atoms with E-state index in [4.69, 9.17) is 4.42 Å². The van der Waals surface area contributed by atoms with E-state index >= 15 is 0 Å². The van der Waals surface area contributed by atoms with Crippen LogP contribution in [0.25, 0.3) is 0 Å². The van der Waals surface area contributed by atoms with Crippen molar-refractivity contribution in [1.82, 2.24) is 10.4 Å². The molecule has 0 atom stereocenters. The first-order chi connectivity index (χ1) is 5.36. The van der Waals surface area contributed by atoms with Crippen LogP contribution in [0, 0.1) is 6.92 Å². The van der Waals surface area contributed by atoms with Crippen LogP contribution in [0.2, 0.25) is 0 Å². The third-order valence-electron chi connectivity index (χ3n) is 1.35. The summed E-state index contributed by atoms with van der Waals surface area (Å²) < 4.78 is 5.01. The number of aryl methyl sites for hydroxylation is 1. The largest absolute Gasteiger partial charge is 0.449 e. The summed E-state index contributed by atoms with van der Waals surface area (Å²) in [5, 5.41) is 3.83. The summed E-state index contributed by atoms with van der Waals surface area (Å²) in [4.78, 5) is 4.08. The Morgan fingerprint density at radius 1 is 1.45 bits per heavy atom. The summed E-state index contributed by atoms with van der Waals surface area (Å²) in [6.07, 6.45) is 4.98. The highest BCUT2D eigenvalue weighted by molar-refractivity contribution is 6.07. The molecule has 1 aromatic heterocycles. The molecule has 11 heavy (non-hydrogen) atoms. The van der Waals surface area contributed by atoms with Crippen molar-refractivity contribution in [3.63, 3.8) is 0 Å². The highest BCUT2D eigenvalue weighted by Gasteiger charge is 2.08. The van der Waals surface area contributed by atoms with Gasteiger partial charge in [-0.3, -0.25) is 0 Å². The standard InChI is InChI=1S/C7H6N3O/c1-5-9-7(4-11-5)6-2-3-8-10-6/h2-4H,1H3. The summed E-state index contributed by atoms with van der Waals surface area (Å²) in [6, 6.07) is 0. The molecule has 0 fully saturated rings. The second-order valence-corrected chi connectivity index (χ2v) is 2.17. The molecule has 1 aliphatic heterocycles. The maximum Gasteiger partial charge on any atom is 0.191 e. The maximum absolute atomic E-state index is 5.01. The first kappa shape index (κ1) is 6.15. The maximum atomic E-state index is 5.01. The molecule has 0 aliphatic carbocycles. The van der Waals surface area contributed by atoms with Crippen LogP contribution in [0.5, 0.6) is 0 Å². The molecule has 0 unspecified atom stereocenters. The van der Waals surface area contributed by atoms with Crippen LogP contribution < -0.4 is 5.43 Å². The van der Waals surface area contributed by atoms with E-state index in [0.717, 1.165) is 11.4 Å². The predicted molar refractivity (Wildman–Crippen MR) is 39.1 cm³/mol. The van der Waals surface area contributed by atoms with Gasteiger partial charge in [0.05, 0.1) is 6.20 Å². The van der Waals surface area contributed by atoms with Crippen molar-refractivity contribution in [2.24, 2.45) is 5.10 Å². The molecule has 2 heterocycles. The van der Waals surface area contributed by atoms with E-state index in [1.165, 1.54) is 0 Å². The van der Waals surface area contributed by atoms with Crippen LogP contribution in [0.1, 0.15) is 11.6 Å². The second-order valence-electron chi connectivity index (χ2n) is 2.17. The Hall–Kier alpha value is -1.58. The normalized spacial score (nSPS) is 14.8. The summed E-state index contributed by atoms with van der Waals surface area (Å²) in [7, 11) is 0. The molecule has 0 aromatic carbocycles. The van der Waals surface area contributed by atoms with E-state index in [0.29, 0.717) is 5.89 Å². The molecule has 4 heteroatoms. The smallest absolute Gasteiger partial charge is 0.191 e. The fourth-order valence-electron chi connectivity index (χ4n) is 0.850. The minimum atomic E-state index is 0.642. The fraction of sp³-hybridized carbons (Fsp3) is 0.143. The van der Waals surface area contributed by atoms with E-state index in [1.54, 1.807) is 25.5 Å². The summed E-state index contributed by atoms with van der Waals surface area (Å²) >= 11 is 0. The van der Waals surface area contributed by atoms with Crippen molar-refractivity contribution in [3.8, 4) is 0 Å². The monoisotopic (exact) mass is 148 g/mol. The van der Waals surface area contributed by atoms with Gasteiger partial charge in [-0.15, -0.1) is 5.10 Å². The van der Waals surface area contributed by atoms with Crippen molar-refractivity contribution in [2.45, 2.75) is 6.92 Å². The molecule has 1 radical (unpaired) electrons. The summed E-state index contributed by atoms with van der Waals surface area (Å²) in [5.74, 6) is 0.642. The van der Waals surface area contributed by atoms with Crippen molar-refractivity contribution in [1.29, 1.82) is 0 Å². The molecular formula is C7H6N3O. The summed E-state index contributed by atoms with van der Waals surface area (Å²) in [5.41, 5.74) is 5.16. The van der Waals surface area contributed by atoms with Crippen molar-refractivity contribution in [2.75, 3.05) is 0 Å². The van der Waals surface area contributed by atoms with Crippen LogP contribution in [-0.4, -0.2) is 10.7 Å². The third kappa shape index (κ3) is 1.02. The average molecular weight is 148 g/mol. The third-order valence-corrected chi connectivity index (χ3v) is 1.35. The van der Waals surface area contributed by atoms with Crippen molar-refractivity contribution < 1.29 is 4.42 Å². The lowest BCUT2D eigenvalue weighted by Gasteiger charge is -1.84. The van der Waals surface area contributed by atoms with E-state index in [-0.39, 0.29) is 0 Å². The van der Waals surface area contributed by atoms with Gasteiger partial charge in [-0.25, -0.2) is 4.98 Å². The van der Waals surface area contributed by atoms with Crippen LogP contribution >= 0.6 is 0 Å². The molecule has 1 aromatic rings. The lowest BCUT2D eigenvalue weighted by molar-refractivity contribution is 0.521. The number of allylic oxidation sites excluding steroid dienone is 1. The predicted octanol–water partition coefficient (Wildman–Crippen LogP) is 0.819. The van der Waals surface area contributed by atoms with Gasteiger partial charge in [-0.1, -0.05) is 0 Å². The second kappa shape index (κ2) is 2.23. The number of nitrogens with zero attached hydrogens (tertiary/aromatic N) is 3. The Bertz CT molecular complexity index is 324. The van der Waals surface area contributed by atoms with Crippen LogP contribution in [-0.2, 0) is 0 Å². The average Bonchev–Trinajstić information content (AvgIpc) is 2.55. The van der Waals surface area contributed by atoms with Crippen molar-refractivity contribution >= 4 is 5.71 Å². The van der Waals surface area contributed by atoms with Gasteiger partial charge in [-0.05, 0) is 6.08 Å². The molecule has 1 aliphatic rings. The van der Waals surface area contributed by atoms with Crippen molar-refractivity contribution in [3.05, 3.63) is 30.1 Å². The number of oxazole rings is 1. The lowest BCUT2D eigenvalue weighted by Crippen LogP contribution is -1.94. The Balaban J connectivity index is 2.36. The molecule has 4 nitrogen and oxygen atoms in total. The molecule has 0 spiro atoms. The Morgan fingerprint density at radius 2 is 2.36 bits per heavy atom. The van der Waals surface area contributed by atoms with Gasteiger partial charge in [-0.2, -0.15) is 5.43 Å². The first-order valence-corrected chi connectivity index (χ1v) is 3.23. The van der Waals surface area contributed by atoms with Crippen LogP contribution in [0.15, 0.2) is 28.1 Å². The molecule has 0 N–H and O–H groups in total.